The van der Waals surface area contributed by atoms with Gasteiger partial charge in [-0.3, -0.25) is 0 Å². The van der Waals surface area contributed by atoms with E-state index in [2.05, 4.69) is 71.5 Å². The lowest BCUT2D eigenvalue weighted by molar-refractivity contribution is 0.0386. The predicted octanol–water partition coefficient (Wildman–Crippen LogP) is 4.71. The van der Waals surface area contributed by atoms with Gasteiger partial charge in [-0.1, -0.05) is 72.2 Å². The lowest BCUT2D eigenvalue weighted by Crippen LogP contribution is -2.29. The zero-order valence-corrected chi connectivity index (χ0v) is 14.1. The van der Waals surface area contributed by atoms with Crippen LogP contribution in [0.25, 0.3) is 0 Å². The fourth-order valence-corrected chi connectivity index (χ4v) is 2.33. The zero-order chi connectivity index (χ0) is 15.1. The van der Waals surface area contributed by atoms with Crippen LogP contribution in [-0.4, -0.2) is 12.6 Å². The first kappa shape index (κ1) is 16.2. The summed E-state index contributed by atoms with van der Waals surface area (Å²) in [6, 6.07) is 19.1. The quantitative estimate of drug-likeness (QED) is 0.783. The molecule has 1 N–H and O–H groups in total. The first-order valence-electron chi connectivity index (χ1n) is 7.29. The fourth-order valence-electron chi connectivity index (χ4n) is 2.06. The number of rotatable bonds is 7. The van der Waals surface area contributed by atoms with Crippen LogP contribution in [0.5, 0.6) is 0 Å². The lowest BCUT2D eigenvalue weighted by atomic mass is 10.1. The van der Waals surface area contributed by atoms with E-state index in [1.807, 2.05) is 18.2 Å². The molecule has 2 rings (SSSR count). The van der Waals surface area contributed by atoms with Gasteiger partial charge in [-0.2, -0.15) is 0 Å². The second-order valence-electron chi connectivity index (χ2n) is 5.40. The summed E-state index contributed by atoms with van der Waals surface area (Å²) in [5, 5.41) is 3.46. The van der Waals surface area contributed by atoms with Gasteiger partial charge >= 0.3 is 0 Å². The molecule has 0 saturated carbocycles. The Balaban J connectivity index is 2.03. The van der Waals surface area contributed by atoms with Crippen LogP contribution < -0.4 is 5.32 Å². The smallest absolute Gasteiger partial charge is 0.0953 e. The summed E-state index contributed by atoms with van der Waals surface area (Å²) in [7, 11) is 0. The summed E-state index contributed by atoms with van der Waals surface area (Å²) in [6.07, 6.45) is 0.0562. The largest absolute Gasteiger partial charge is 0.368 e. The molecule has 0 aliphatic rings. The van der Waals surface area contributed by atoms with Crippen LogP contribution in [0.3, 0.4) is 0 Å². The summed E-state index contributed by atoms with van der Waals surface area (Å²) in [6.45, 7) is 5.74. The molecule has 0 heterocycles. The minimum atomic E-state index is 0.0562. The number of benzene rings is 2. The standard InChI is InChI=1S/C18H22BrNO/c1-14(2)20-12-18(16-8-10-17(19)11-9-16)21-13-15-6-4-3-5-7-15/h3-11,14,18,20H,12-13H2,1-2H3. The summed E-state index contributed by atoms with van der Waals surface area (Å²) < 4.78 is 7.21. The van der Waals surface area contributed by atoms with Crippen molar-refractivity contribution in [3.63, 3.8) is 0 Å². The van der Waals surface area contributed by atoms with Gasteiger partial charge in [-0.05, 0) is 23.3 Å². The molecular formula is C18H22BrNO. The second-order valence-corrected chi connectivity index (χ2v) is 6.32. The van der Waals surface area contributed by atoms with Gasteiger partial charge in [0.1, 0.15) is 0 Å². The SMILES string of the molecule is CC(C)NCC(OCc1ccccc1)c1ccc(Br)cc1. The Bertz CT molecular complexity index is 525. The molecule has 0 radical (unpaired) electrons. The van der Waals surface area contributed by atoms with Crippen molar-refractivity contribution < 1.29 is 4.74 Å². The van der Waals surface area contributed by atoms with Crippen LogP contribution in [0.1, 0.15) is 31.1 Å². The van der Waals surface area contributed by atoms with Crippen LogP contribution in [0, 0.1) is 0 Å². The van der Waals surface area contributed by atoms with Crippen LogP contribution >= 0.6 is 15.9 Å². The topological polar surface area (TPSA) is 21.3 Å². The third kappa shape index (κ3) is 5.62. The predicted molar refractivity (Wildman–Crippen MR) is 91.3 cm³/mol. The van der Waals surface area contributed by atoms with Gasteiger partial charge in [-0.15, -0.1) is 0 Å². The Morgan fingerprint density at radius 3 is 2.29 bits per heavy atom. The van der Waals surface area contributed by atoms with Gasteiger partial charge in [0, 0.05) is 17.1 Å². The molecule has 0 aliphatic carbocycles. The zero-order valence-electron chi connectivity index (χ0n) is 12.6. The van der Waals surface area contributed by atoms with Crippen LogP contribution in [0.2, 0.25) is 0 Å². The highest BCUT2D eigenvalue weighted by Crippen LogP contribution is 2.21. The van der Waals surface area contributed by atoms with E-state index < -0.39 is 0 Å². The van der Waals surface area contributed by atoms with Crippen molar-refractivity contribution in [2.75, 3.05) is 6.54 Å². The fraction of sp³-hybridized carbons (Fsp3) is 0.333. The minimum Gasteiger partial charge on any atom is -0.368 e. The van der Waals surface area contributed by atoms with E-state index >= 15 is 0 Å². The van der Waals surface area contributed by atoms with E-state index in [1.165, 1.54) is 11.1 Å². The van der Waals surface area contributed by atoms with E-state index in [1.54, 1.807) is 0 Å². The van der Waals surface area contributed by atoms with Crippen molar-refractivity contribution >= 4 is 15.9 Å². The maximum Gasteiger partial charge on any atom is 0.0953 e. The van der Waals surface area contributed by atoms with Crippen molar-refractivity contribution in [3.8, 4) is 0 Å². The van der Waals surface area contributed by atoms with Crippen LogP contribution in [0.15, 0.2) is 59.1 Å². The molecule has 112 valence electrons. The maximum absolute atomic E-state index is 6.13. The molecule has 1 atom stereocenters. The average Bonchev–Trinajstić information content (AvgIpc) is 2.49. The molecule has 0 spiro atoms. The third-order valence-electron chi connectivity index (χ3n) is 3.25. The molecular weight excluding hydrogens is 326 g/mol. The number of nitrogens with one attached hydrogen (secondary N) is 1. The molecule has 2 aromatic rings. The third-order valence-corrected chi connectivity index (χ3v) is 3.78. The molecule has 21 heavy (non-hydrogen) atoms. The molecule has 0 aromatic heterocycles. The summed E-state index contributed by atoms with van der Waals surface area (Å²) >= 11 is 3.48. The maximum atomic E-state index is 6.13. The van der Waals surface area contributed by atoms with Gasteiger partial charge < -0.3 is 10.1 Å². The van der Waals surface area contributed by atoms with Crippen molar-refractivity contribution in [2.45, 2.75) is 32.6 Å². The van der Waals surface area contributed by atoms with Crippen molar-refractivity contribution in [2.24, 2.45) is 0 Å². The van der Waals surface area contributed by atoms with Gasteiger partial charge in [-0.25, -0.2) is 0 Å². The average molecular weight is 348 g/mol. The number of ether oxygens (including phenoxy) is 1. The van der Waals surface area contributed by atoms with E-state index in [0.717, 1.165) is 11.0 Å². The van der Waals surface area contributed by atoms with Gasteiger partial charge in [0.2, 0.25) is 0 Å². The molecule has 0 saturated heterocycles. The molecule has 0 aliphatic heterocycles. The van der Waals surface area contributed by atoms with Crippen LogP contribution in [-0.2, 0) is 11.3 Å². The van der Waals surface area contributed by atoms with Crippen molar-refractivity contribution in [1.82, 2.24) is 5.32 Å². The molecule has 2 nitrogen and oxygen atoms in total. The summed E-state index contributed by atoms with van der Waals surface area (Å²) in [5.41, 5.74) is 2.39. The molecule has 3 heteroatoms. The lowest BCUT2D eigenvalue weighted by Gasteiger charge is -2.20. The van der Waals surface area contributed by atoms with Crippen molar-refractivity contribution in [1.29, 1.82) is 0 Å². The normalized spacial score (nSPS) is 12.6. The number of halogens is 1. The van der Waals surface area contributed by atoms with Crippen molar-refractivity contribution in [3.05, 3.63) is 70.2 Å². The Morgan fingerprint density at radius 1 is 1.00 bits per heavy atom. The monoisotopic (exact) mass is 347 g/mol. The van der Waals surface area contributed by atoms with Gasteiger partial charge in [0.25, 0.3) is 0 Å². The Labute approximate surface area is 135 Å². The molecule has 0 bridgehead atoms. The van der Waals surface area contributed by atoms with Gasteiger partial charge in [0.05, 0.1) is 12.7 Å². The molecule has 0 fully saturated rings. The van der Waals surface area contributed by atoms with Crippen LogP contribution in [0.4, 0.5) is 0 Å². The molecule has 1 unspecified atom stereocenters. The minimum absolute atomic E-state index is 0.0562. The van der Waals surface area contributed by atoms with E-state index in [-0.39, 0.29) is 6.10 Å². The highest BCUT2D eigenvalue weighted by Gasteiger charge is 2.12. The highest BCUT2D eigenvalue weighted by atomic mass is 79.9. The van der Waals surface area contributed by atoms with E-state index in [9.17, 15) is 0 Å². The molecule has 2 aromatic carbocycles. The first-order chi connectivity index (χ1) is 10.1. The van der Waals surface area contributed by atoms with E-state index in [0.29, 0.717) is 12.6 Å². The Hall–Kier alpha value is -1.16. The summed E-state index contributed by atoms with van der Waals surface area (Å²) in [4.78, 5) is 0. The highest BCUT2D eigenvalue weighted by molar-refractivity contribution is 9.10. The Kier molecular flexibility index (Phi) is 6.43. The first-order valence-corrected chi connectivity index (χ1v) is 8.09. The second kappa shape index (κ2) is 8.32. The summed E-state index contributed by atoms with van der Waals surface area (Å²) in [5.74, 6) is 0. The Morgan fingerprint density at radius 2 is 1.67 bits per heavy atom. The van der Waals surface area contributed by atoms with Gasteiger partial charge in [0.15, 0.2) is 0 Å². The molecule has 0 amide bonds. The van der Waals surface area contributed by atoms with E-state index in [4.69, 9.17) is 4.74 Å². The number of hydrogen-bond acceptors (Lipinski definition) is 2. The number of hydrogen-bond donors (Lipinski definition) is 1.